The van der Waals surface area contributed by atoms with Crippen molar-refractivity contribution in [3.63, 3.8) is 0 Å². The molecule has 0 aliphatic carbocycles. The summed E-state index contributed by atoms with van der Waals surface area (Å²) in [6.07, 6.45) is 1.25. The Morgan fingerprint density at radius 2 is 1.56 bits per heavy atom. The molecule has 2 N–H and O–H groups in total. The van der Waals surface area contributed by atoms with Gasteiger partial charge in [-0.15, -0.1) is 0 Å². The molecular weight excluding hydrogens is 454 g/mol. The molecule has 1 aliphatic heterocycles. The molecule has 0 radical (unpaired) electrons. The molecule has 1 aliphatic rings. The Kier molecular flexibility index (Phi) is 7.89. The SMILES string of the molecule is CC(C)c1ccc(N2C(=O)c3ccc(NC(=O)CCCCNS(=O)(=O)C(C)C)cc3C2=O)cc1. The molecule has 0 aromatic heterocycles. The number of anilines is 2. The number of hydrogen-bond acceptors (Lipinski definition) is 5. The Labute approximate surface area is 200 Å². The molecule has 0 bridgehead atoms. The lowest BCUT2D eigenvalue weighted by molar-refractivity contribution is -0.116. The van der Waals surface area contributed by atoms with Crippen LogP contribution in [0.4, 0.5) is 11.4 Å². The molecule has 8 nitrogen and oxygen atoms in total. The van der Waals surface area contributed by atoms with Gasteiger partial charge in [-0.05, 0) is 68.5 Å². The van der Waals surface area contributed by atoms with E-state index in [0.29, 0.717) is 35.7 Å². The van der Waals surface area contributed by atoms with Crippen LogP contribution in [0, 0.1) is 0 Å². The third-order valence-electron chi connectivity index (χ3n) is 5.74. The van der Waals surface area contributed by atoms with Gasteiger partial charge in [-0.3, -0.25) is 14.4 Å². The fraction of sp³-hybridized carbons (Fsp3) is 0.400. The number of fused-ring (bicyclic) bond motifs is 1. The number of nitrogens with zero attached hydrogens (tertiary/aromatic N) is 1. The van der Waals surface area contributed by atoms with Crippen LogP contribution in [0.3, 0.4) is 0 Å². The highest BCUT2D eigenvalue weighted by atomic mass is 32.2. The normalized spacial score (nSPS) is 13.6. The molecule has 182 valence electrons. The minimum absolute atomic E-state index is 0.210. The summed E-state index contributed by atoms with van der Waals surface area (Å²) < 4.78 is 26.0. The zero-order chi connectivity index (χ0) is 25.0. The first-order valence-corrected chi connectivity index (χ1v) is 13.0. The van der Waals surface area contributed by atoms with E-state index in [1.807, 2.05) is 12.1 Å². The first-order chi connectivity index (χ1) is 16.0. The van der Waals surface area contributed by atoms with Gasteiger partial charge >= 0.3 is 0 Å². The van der Waals surface area contributed by atoms with Crippen molar-refractivity contribution in [2.24, 2.45) is 0 Å². The maximum atomic E-state index is 13.0. The smallest absolute Gasteiger partial charge is 0.266 e. The molecule has 0 atom stereocenters. The molecule has 2 aromatic carbocycles. The molecule has 3 amide bonds. The van der Waals surface area contributed by atoms with E-state index in [-0.39, 0.29) is 30.3 Å². The minimum Gasteiger partial charge on any atom is -0.326 e. The van der Waals surface area contributed by atoms with E-state index in [1.54, 1.807) is 38.1 Å². The van der Waals surface area contributed by atoms with E-state index in [0.717, 1.165) is 10.5 Å². The van der Waals surface area contributed by atoms with Gasteiger partial charge in [0.15, 0.2) is 0 Å². The van der Waals surface area contributed by atoms with Crippen molar-refractivity contribution in [3.05, 3.63) is 59.2 Å². The second-order valence-corrected chi connectivity index (χ2v) is 11.3. The number of sulfonamides is 1. The highest BCUT2D eigenvalue weighted by Gasteiger charge is 2.36. The van der Waals surface area contributed by atoms with Gasteiger partial charge in [-0.2, -0.15) is 0 Å². The lowest BCUT2D eigenvalue weighted by atomic mass is 10.0. The number of unbranched alkanes of at least 4 members (excludes halogenated alkanes) is 1. The summed E-state index contributed by atoms with van der Waals surface area (Å²) in [6.45, 7) is 7.62. The van der Waals surface area contributed by atoms with Gasteiger partial charge in [0.05, 0.1) is 22.1 Å². The number of carbonyl (C=O) groups excluding carboxylic acids is 3. The summed E-state index contributed by atoms with van der Waals surface area (Å²) in [5.74, 6) is -0.721. The fourth-order valence-electron chi connectivity index (χ4n) is 3.58. The van der Waals surface area contributed by atoms with Crippen LogP contribution in [0.25, 0.3) is 0 Å². The summed E-state index contributed by atoms with van der Waals surface area (Å²) in [4.78, 5) is 39.3. The van der Waals surface area contributed by atoms with Crippen LogP contribution in [-0.2, 0) is 14.8 Å². The van der Waals surface area contributed by atoms with Crippen molar-refractivity contribution in [1.82, 2.24) is 4.72 Å². The molecular formula is C25H31N3O5S. The van der Waals surface area contributed by atoms with Crippen LogP contribution in [-0.4, -0.2) is 37.9 Å². The first kappa shape index (κ1) is 25.6. The Morgan fingerprint density at radius 1 is 0.912 bits per heavy atom. The van der Waals surface area contributed by atoms with Gasteiger partial charge in [-0.1, -0.05) is 26.0 Å². The van der Waals surface area contributed by atoms with Gasteiger partial charge in [0, 0.05) is 18.7 Å². The van der Waals surface area contributed by atoms with Crippen molar-refractivity contribution in [1.29, 1.82) is 0 Å². The average Bonchev–Trinajstić information content (AvgIpc) is 3.03. The molecule has 0 saturated carbocycles. The van der Waals surface area contributed by atoms with Crippen LogP contribution in [0.2, 0.25) is 0 Å². The topological polar surface area (TPSA) is 113 Å². The van der Waals surface area contributed by atoms with Crippen molar-refractivity contribution in [2.45, 2.75) is 58.1 Å². The summed E-state index contributed by atoms with van der Waals surface area (Å²) in [5, 5.41) is 2.25. The largest absolute Gasteiger partial charge is 0.326 e. The second kappa shape index (κ2) is 10.5. The van der Waals surface area contributed by atoms with E-state index >= 15 is 0 Å². The Balaban J connectivity index is 1.59. The van der Waals surface area contributed by atoms with Gasteiger partial charge < -0.3 is 5.32 Å². The van der Waals surface area contributed by atoms with Crippen LogP contribution in [0.15, 0.2) is 42.5 Å². The van der Waals surface area contributed by atoms with Gasteiger partial charge in [-0.25, -0.2) is 18.0 Å². The lowest BCUT2D eigenvalue weighted by Gasteiger charge is -2.15. The quantitative estimate of drug-likeness (QED) is 0.389. The number of amides is 3. The number of hydrogen-bond donors (Lipinski definition) is 2. The first-order valence-electron chi connectivity index (χ1n) is 11.4. The average molecular weight is 486 g/mol. The third kappa shape index (κ3) is 5.71. The number of imide groups is 1. The van der Waals surface area contributed by atoms with Crippen LogP contribution < -0.4 is 14.9 Å². The van der Waals surface area contributed by atoms with E-state index in [4.69, 9.17) is 0 Å². The minimum atomic E-state index is -3.31. The van der Waals surface area contributed by atoms with Gasteiger partial charge in [0.25, 0.3) is 11.8 Å². The molecule has 34 heavy (non-hydrogen) atoms. The predicted octanol–water partition coefficient (Wildman–Crippen LogP) is 4.05. The van der Waals surface area contributed by atoms with Crippen molar-refractivity contribution >= 4 is 39.1 Å². The van der Waals surface area contributed by atoms with Crippen molar-refractivity contribution < 1.29 is 22.8 Å². The summed E-state index contributed by atoms with van der Waals surface area (Å²) in [5.41, 5.74) is 2.60. The van der Waals surface area contributed by atoms with Crippen LogP contribution >= 0.6 is 0 Å². The summed E-state index contributed by atoms with van der Waals surface area (Å²) in [6, 6.07) is 12.0. The monoisotopic (exact) mass is 485 g/mol. The molecule has 0 spiro atoms. The summed E-state index contributed by atoms with van der Waals surface area (Å²) in [7, 11) is -3.31. The number of rotatable bonds is 10. The maximum Gasteiger partial charge on any atom is 0.266 e. The Morgan fingerprint density at radius 3 is 2.18 bits per heavy atom. The molecule has 0 unspecified atom stereocenters. The Hall–Kier alpha value is -3.04. The van der Waals surface area contributed by atoms with Crippen LogP contribution in [0.1, 0.15) is 79.2 Å². The van der Waals surface area contributed by atoms with Crippen LogP contribution in [0.5, 0.6) is 0 Å². The van der Waals surface area contributed by atoms with E-state index in [1.165, 1.54) is 6.07 Å². The molecule has 0 saturated heterocycles. The summed E-state index contributed by atoms with van der Waals surface area (Å²) >= 11 is 0. The van der Waals surface area contributed by atoms with Crippen molar-refractivity contribution in [2.75, 3.05) is 16.8 Å². The zero-order valence-electron chi connectivity index (χ0n) is 19.9. The third-order valence-corrected chi connectivity index (χ3v) is 7.59. The second-order valence-electron chi connectivity index (χ2n) is 8.95. The van der Waals surface area contributed by atoms with Gasteiger partial charge in [0.1, 0.15) is 0 Å². The Bertz CT molecular complexity index is 1190. The predicted molar refractivity (Wildman–Crippen MR) is 133 cm³/mol. The van der Waals surface area contributed by atoms with E-state index in [2.05, 4.69) is 23.9 Å². The lowest BCUT2D eigenvalue weighted by Crippen LogP contribution is -2.31. The molecule has 9 heteroatoms. The fourth-order valence-corrected chi connectivity index (χ4v) is 4.34. The van der Waals surface area contributed by atoms with E-state index in [9.17, 15) is 22.8 Å². The number of nitrogens with one attached hydrogen (secondary N) is 2. The molecule has 1 heterocycles. The maximum absolute atomic E-state index is 13.0. The molecule has 2 aromatic rings. The van der Waals surface area contributed by atoms with Gasteiger partial charge in [0.2, 0.25) is 15.9 Å². The zero-order valence-corrected chi connectivity index (χ0v) is 20.7. The number of benzene rings is 2. The van der Waals surface area contributed by atoms with Crippen molar-refractivity contribution in [3.8, 4) is 0 Å². The number of carbonyl (C=O) groups is 3. The molecule has 0 fully saturated rings. The van der Waals surface area contributed by atoms with E-state index < -0.39 is 21.2 Å². The standard InChI is InChI=1S/C25H31N3O5S/c1-16(2)18-8-11-20(12-9-18)28-24(30)21-13-10-19(15-22(21)25(28)31)27-23(29)7-5-6-14-26-34(32,33)17(3)4/h8-13,15-17,26H,5-7,14H2,1-4H3,(H,27,29). The highest BCUT2D eigenvalue weighted by molar-refractivity contribution is 7.90. The highest BCUT2D eigenvalue weighted by Crippen LogP contribution is 2.31. The molecule has 3 rings (SSSR count).